The Hall–Kier alpha value is -3.15. The lowest BCUT2D eigenvalue weighted by Gasteiger charge is -2.18. The first-order chi connectivity index (χ1) is 24.5. The molecule has 0 saturated heterocycles. The van der Waals surface area contributed by atoms with Gasteiger partial charge >= 0.3 is 17.9 Å². The normalized spacial score (nSPS) is 12.8. The highest BCUT2D eigenvalue weighted by Gasteiger charge is 2.19. The molecule has 0 aromatic rings. The van der Waals surface area contributed by atoms with Gasteiger partial charge in [0.25, 0.3) is 0 Å². The second kappa shape index (κ2) is 38.6. The van der Waals surface area contributed by atoms with E-state index in [1.54, 1.807) is 0 Å². The molecule has 0 rings (SSSR count). The van der Waals surface area contributed by atoms with E-state index in [9.17, 15) is 14.4 Å². The van der Waals surface area contributed by atoms with E-state index in [1.165, 1.54) is 12.8 Å². The van der Waals surface area contributed by atoms with E-state index < -0.39 is 6.10 Å². The summed E-state index contributed by atoms with van der Waals surface area (Å²) < 4.78 is 16.5. The third-order valence-electron chi connectivity index (χ3n) is 7.99. The summed E-state index contributed by atoms with van der Waals surface area (Å²) >= 11 is 0. The lowest BCUT2D eigenvalue weighted by atomic mass is 10.1. The summed E-state index contributed by atoms with van der Waals surface area (Å²) in [6.45, 7) is 6.23. The van der Waals surface area contributed by atoms with E-state index in [-0.39, 0.29) is 31.1 Å². The third-order valence-corrected chi connectivity index (χ3v) is 7.99. The smallest absolute Gasteiger partial charge is 0.306 e. The highest BCUT2D eigenvalue weighted by atomic mass is 16.6. The summed E-state index contributed by atoms with van der Waals surface area (Å²) in [6.07, 6.45) is 46.1. The number of rotatable bonds is 34. The lowest BCUT2D eigenvalue weighted by molar-refractivity contribution is -0.167. The predicted molar refractivity (Wildman–Crippen MR) is 210 cm³/mol. The third kappa shape index (κ3) is 36.1. The fraction of sp³-hybridized carbons (Fsp3) is 0.659. The molecule has 0 N–H and O–H groups in total. The van der Waals surface area contributed by atoms with Crippen LogP contribution in [0.1, 0.15) is 168 Å². The highest BCUT2D eigenvalue weighted by Crippen LogP contribution is 2.11. The van der Waals surface area contributed by atoms with Crippen LogP contribution in [0, 0.1) is 0 Å². The molecule has 0 aromatic carbocycles. The minimum Gasteiger partial charge on any atom is -0.462 e. The molecule has 284 valence electrons. The Morgan fingerprint density at radius 1 is 0.440 bits per heavy atom. The molecule has 0 aromatic heterocycles. The Kier molecular flexibility index (Phi) is 36.2. The fourth-order valence-corrected chi connectivity index (χ4v) is 4.99. The molecule has 1 atom stereocenters. The highest BCUT2D eigenvalue weighted by molar-refractivity contribution is 5.71. The summed E-state index contributed by atoms with van der Waals surface area (Å²) in [4.78, 5) is 37.4. The van der Waals surface area contributed by atoms with Crippen LogP contribution in [0.4, 0.5) is 0 Å². The van der Waals surface area contributed by atoms with Gasteiger partial charge in [-0.3, -0.25) is 14.4 Å². The number of ether oxygens (including phenoxy) is 3. The van der Waals surface area contributed by atoms with Gasteiger partial charge in [0.05, 0.1) is 0 Å². The maximum Gasteiger partial charge on any atom is 0.306 e. The van der Waals surface area contributed by atoms with E-state index in [2.05, 4.69) is 87.6 Å². The summed E-state index contributed by atoms with van der Waals surface area (Å²) in [5, 5.41) is 0. The van der Waals surface area contributed by atoms with Crippen molar-refractivity contribution in [2.45, 2.75) is 175 Å². The number of unbranched alkanes of at least 4 members (excludes halogenated alkanes) is 13. The molecular weight excluding hydrogens is 624 g/mol. The van der Waals surface area contributed by atoms with Crippen LogP contribution in [-0.4, -0.2) is 37.2 Å². The van der Waals surface area contributed by atoms with Gasteiger partial charge in [0.15, 0.2) is 6.10 Å². The summed E-state index contributed by atoms with van der Waals surface area (Å²) in [5.74, 6) is -0.986. The molecule has 0 aliphatic rings. The zero-order chi connectivity index (χ0) is 36.6. The fourth-order valence-electron chi connectivity index (χ4n) is 4.99. The van der Waals surface area contributed by atoms with Crippen molar-refractivity contribution in [2.75, 3.05) is 13.2 Å². The standard InChI is InChI=1S/C44H72O6/c1-4-7-10-13-16-19-21-22-23-26-28-31-34-37-43(46)49-40-41(39-48-42(45)36-33-30-27-24-18-15-12-9-6-3)50-44(47)38-35-32-29-25-20-17-14-11-8-5-2/h7,9-10,12-14,16-19,21,24,41H,4-6,8,11,15,20,22-23,25-40H2,1-3H3/b10-7-,12-9-,16-13-,17-14-,21-19-,24-18-. The van der Waals surface area contributed by atoms with Crippen molar-refractivity contribution in [2.24, 2.45) is 0 Å². The van der Waals surface area contributed by atoms with Crippen LogP contribution in [-0.2, 0) is 28.6 Å². The first-order valence-electron chi connectivity index (χ1n) is 20.0. The van der Waals surface area contributed by atoms with Gasteiger partial charge in [-0.1, -0.05) is 139 Å². The molecule has 50 heavy (non-hydrogen) atoms. The van der Waals surface area contributed by atoms with Gasteiger partial charge in [-0.2, -0.15) is 0 Å². The van der Waals surface area contributed by atoms with Crippen molar-refractivity contribution >= 4 is 17.9 Å². The van der Waals surface area contributed by atoms with Gasteiger partial charge in [0, 0.05) is 19.3 Å². The van der Waals surface area contributed by atoms with Gasteiger partial charge in [-0.15, -0.1) is 0 Å². The Labute approximate surface area is 306 Å². The van der Waals surface area contributed by atoms with Gasteiger partial charge in [-0.05, 0) is 83.5 Å². The van der Waals surface area contributed by atoms with Crippen LogP contribution in [0.25, 0.3) is 0 Å². The molecule has 6 nitrogen and oxygen atoms in total. The molecule has 0 heterocycles. The largest absolute Gasteiger partial charge is 0.462 e. The number of esters is 3. The number of hydrogen-bond donors (Lipinski definition) is 0. The van der Waals surface area contributed by atoms with E-state index in [4.69, 9.17) is 14.2 Å². The van der Waals surface area contributed by atoms with Gasteiger partial charge < -0.3 is 14.2 Å². The van der Waals surface area contributed by atoms with E-state index in [1.807, 2.05) is 6.08 Å². The van der Waals surface area contributed by atoms with Gasteiger partial charge in [-0.25, -0.2) is 0 Å². The van der Waals surface area contributed by atoms with Gasteiger partial charge in [0.1, 0.15) is 13.2 Å². The Balaban J connectivity index is 4.47. The number of allylic oxidation sites excluding steroid dienone is 12. The monoisotopic (exact) mass is 697 g/mol. The molecule has 0 saturated carbocycles. The molecule has 0 spiro atoms. The SMILES string of the molecule is CC\C=C/C=C\C=C/CCCCCCCC(=O)OCC(COC(=O)CCCC/C=C\C/C=C\CC)OC(=O)CCCCCC/C=C\CCCC. The van der Waals surface area contributed by atoms with Crippen molar-refractivity contribution in [3.8, 4) is 0 Å². The zero-order valence-electron chi connectivity index (χ0n) is 32.1. The van der Waals surface area contributed by atoms with E-state index in [0.717, 1.165) is 116 Å². The predicted octanol–water partition coefficient (Wildman–Crippen LogP) is 12.4. The van der Waals surface area contributed by atoms with E-state index in [0.29, 0.717) is 19.3 Å². The molecule has 1 unspecified atom stereocenters. The lowest BCUT2D eigenvalue weighted by Crippen LogP contribution is -2.30. The van der Waals surface area contributed by atoms with Crippen LogP contribution < -0.4 is 0 Å². The van der Waals surface area contributed by atoms with Crippen LogP contribution in [0.5, 0.6) is 0 Å². The maximum atomic E-state index is 12.6. The van der Waals surface area contributed by atoms with Crippen LogP contribution in [0.2, 0.25) is 0 Å². The summed E-state index contributed by atoms with van der Waals surface area (Å²) in [5.41, 5.74) is 0. The van der Waals surface area contributed by atoms with Crippen LogP contribution >= 0.6 is 0 Å². The van der Waals surface area contributed by atoms with Crippen molar-refractivity contribution in [3.05, 3.63) is 72.9 Å². The van der Waals surface area contributed by atoms with Crippen molar-refractivity contribution in [1.82, 2.24) is 0 Å². The number of carbonyl (C=O) groups is 3. The first kappa shape index (κ1) is 46.9. The quantitative estimate of drug-likeness (QED) is 0.0219. The van der Waals surface area contributed by atoms with E-state index >= 15 is 0 Å². The minimum absolute atomic E-state index is 0.103. The average Bonchev–Trinajstić information content (AvgIpc) is 3.11. The first-order valence-corrected chi connectivity index (χ1v) is 20.0. The zero-order valence-corrected chi connectivity index (χ0v) is 32.1. The molecule has 0 aliphatic heterocycles. The van der Waals surface area contributed by atoms with Crippen LogP contribution in [0.15, 0.2) is 72.9 Å². The molecule has 0 radical (unpaired) electrons. The summed E-state index contributed by atoms with van der Waals surface area (Å²) in [7, 11) is 0. The maximum absolute atomic E-state index is 12.6. The molecule has 0 aliphatic carbocycles. The second-order valence-electron chi connectivity index (χ2n) is 12.8. The number of hydrogen-bond acceptors (Lipinski definition) is 6. The Bertz CT molecular complexity index is 986. The topological polar surface area (TPSA) is 78.9 Å². The second-order valence-corrected chi connectivity index (χ2v) is 12.8. The minimum atomic E-state index is -0.798. The van der Waals surface area contributed by atoms with Gasteiger partial charge in [0.2, 0.25) is 0 Å². The van der Waals surface area contributed by atoms with Crippen molar-refractivity contribution < 1.29 is 28.6 Å². The molecular formula is C44H72O6. The molecule has 6 heteroatoms. The molecule has 0 bridgehead atoms. The van der Waals surface area contributed by atoms with Crippen LogP contribution in [0.3, 0.4) is 0 Å². The summed E-state index contributed by atoms with van der Waals surface area (Å²) in [6, 6.07) is 0. The van der Waals surface area contributed by atoms with Crippen molar-refractivity contribution in [3.63, 3.8) is 0 Å². The Morgan fingerprint density at radius 3 is 1.48 bits per heavy atom. The van der Waals surface area contributed by atoms with Crippen molar-refractivity contribution in [1.29, 1.82) is 0 Å². The Morgan fingerprint density at radius 2 is 0.880 bits per heavy atom. The average molecular weight is 697 g/mol. The number of carbonyl (C=O) groups excluding carboxylic acids is 3. The molecule has 0 amide bonds. The molecule has 0 fully saturated rings.